The predicted octanol–water partition coefficient (Wildman–Crippen LogP) is 1.53. The molecule has 1 aromatic carbocycles. The number of carbonyl (C=O) groups excluding carboxylic acids is 1. The molecule has 25 heavy (non-hydrogen) atoms. The fourth-order valence-corrected chi connectivity index (χ4v) is 6.26. The number of rotatable bonds is 2. The van der Waals surface area contributed by atoms with E-state index < -0.39 is 17.1 Å². The van der Waals surface area contributed by atoms with Gasteiger partial charge in [-0.3, -0.25) is 9.69 Å². The molecule has 5 nitrogen and oxygen atoms in total. The summed E-state index contributed by atoms with van der Waals surface area (Å²) in [5.41, 5.74) is 0.454. The molecule has 4 atom stereocenters. The summed E-state index contributed by atoms with van der Waals surface area (Å²) in [7, 11) is 0. The van der Waals surface area contributed by atoms with Gasteiger partial charge in [-0.1, -0.05) is 6.07 Å². The molecular formula is C20H23NO4. The van der Waals surface area contributed by atoms with Crippen molar-refractivity contribution in [3.63, 3.8) is 0 Å². The Kier molecular flexibility index (Phi) is 2.55. The van der Waals surface area contributed by atoms with Crippen LogP contribution >= 0.6 is 0 Å². The first-order chi connectivity index (χ1) is 12.0. The highest BCUT2D eigenvalue weighted by atomic mass is 16.5. The average Bonchev–Trinajstić information content (AvgIpc) is 3.32. The molecular weight excluding hydrogens is 318 g/mol. The number of carbonyl (C=O) groups is 1. The fourth-order valence-electron chi connectivity index (χ4n) is 6.26. The zero-order chi connectivity index (χ0) is 17.0. The van der Waals surface area contributed by atoms with Gasteiger partial charge in [-0.25, -0.2) is 0 Å². The van der Waals surface area contributed by atoms with Gasteiger partial charge in [0.2, 0.25) is 0 Å². The number of likely N-dealkylation sites (tertiary alicyclic amines) is 1. The van der Waals surface area contributed by atoms with E-state index in [1.54, 1.807) is 6.07 Å². The maximum absolute atomic E-state index is 12.7. The number of benzene rings is 1. The summed E-state index contributed by atoms with van der Waals surface area (Å²) in [4.78, 5) is 15.2. The number of phenolic OH excluding ortho intramolecular Hbond substituents is 1. The molecule has 0 unspecified atom stereocenters. The number of aromatic hydroxyl groups is 1. The van der Waals surface area contributed by atoms with Crippen molar-refractivity contribution in [2.24, 2.45) is 5.92 Å². The van der Waals surface area contributed by atoms with Crippen molar-refractivity contribution in [1.82, 2.24) is 4.90 Å². The lowest BCUT2D eigenvalue weighted by Gasteiger charge is -2.62. The van der Waals surface area contributed by atoms with Crippen molar-refractivity contribution >= 4 is 5.78 Å². The maximum Gasteiger partial charge on any atom is 0.174 e. The summed E-state index contributed by atoms with van der Waals surface area (Å²) in [6.45, 7) is 1.95. The van der Waals surface area contributed by atoms with Crippen molar-refractivity contribution in [3.8, 4) is 11.5 Å². The van der Waals surface area contributed by atoms with Gasteiger partial charge in [0.15, 0.2) is 23.4 Å². The molecule has 1 aromatic rings. The van der Waals surface area contributed by atoms with Gasteiger partial charge in [0, 0.05) is 24.6 Å². The highest BCUT2D eigenvalue weighted by Gasteiger charge is 2.73. The number of Topliss-reactive ketones (excluding diaryl/α,β-unsaturated/α-hetero) is 1. The molecule has 2 bridgehead atoms. The molecule has 5 heteroatoms. The molecule has 2 heterocycles. The van der Waals surface area contributed by atoms with E-state index in [-0.39, 0.29) is 17.6 Å². The van der Waals surface area contributed by atoms with E-state index in [2.05, 4.69) is 4.90 Å². The van der Waals surface area contributed by atoms with Gasteiger partial charge >= 0.3 is 0 Å². The van der Waals surface area contributed by atoms with Crippen LogP contribution in [0, 0.1) is 5.92 Å². The minimum atomic E-state index is -0.940. The summed E-state index contributed by atoms with van der Waals surface area (Å²) in [6.07, 6.45) is 4.33. The van der Waals surface area contributed by atoms with Gasteiger partial charge < -0.3 is 14.9 Å². The SMILES string of the molecule is O=C1CC[C@@]2(O)[C@H]3Cc4ccc(O)c5c4[C@@]2(CCN3CC2CC2)[C@@H]1O5. The number of aliphatic hydroxyl groups is 1. The Morgan fingerprint density at radius 3 is 2.92 bits per heavy atom. The first-order valence-electron chi connectivity index (χ1n) is 9.56. The second kappa shape index (κ2) is 4.38. The van der Waals surface area contributed by atoms with Crippen molar-refractivity contribution in [2.45, 2.75) is 61.7 Å². The first-order valence-corrected chi connectivity index (χ1v) is 9.56. The van der Waals surface area contributed by atoms with E-state index in [9.17, 15) is 15.0 Å². The number of piperidine rings is 1. The van der Waals surface area contributed by atoms with E-state index in [4.69, 9.17) is 4.74 Å². The topological polar surface area (TPSA) is 70.0 Å². The number of ketones is 1. The quantitative estimate of drug-likeness (QED) is 0.854. The van der Waals surface area contributed by atoms with E-state index >= 15 is 0 Å². The number of hydrogen-bond acceptors (Lipinski definition) is 5. The zero-order valence-corrected chi connectivity index (χ0v) is 14.2. The molecule has 3 aliphatic carbocycles. The van der Waals surface area contributed by atoms with Crippen molar-refractivity contribution in [1.29, 1.82) is 0 Å². The number of nitrogens with zero attached hydrogens (tertiary/aromatic N) is 1. The molecule has 0 radical (unpaired) electrons. The molecule has 0 amide bonds. The lowest BCUT2D eigenvalue weighted by molar-refractivity contribution is -0.188. The minimum absolute atomic E-state index is 0.0454. The van der Waals surface area contributed by atoms with Crippen LogP contribution in [0.15, 0.2) is 12.1 Å². The molecule has 5 aliphatic rings. The Morgan fingerprint density at radius 1 is 1.28 bits per heavy atom. The van der Waals surface area contributed by atoms with Crippen LogP contribution in [0.25, 0.3) is 0 Å². The van der Waals surface area contributed by atoms with Crippen LogP contribution in [-0.4, -0.2) is 51.7 Å². The van der Waals surface area contributed by atoms with Crippen LogP contribution in [0.3, 0.4) is 0 Å². The molecule has 2 saturated carbocycles. The highest BCUT2D eigenvalue weighted by molar-refractivity contribution is 5.90. The van der Waals surface area contributed by atoms with Crippen molar-refractivity contribution in [3.05, 3.63) is 23.3 Å². The molecule has 2 N–H and O–H groups in total. The standard InChI is InChI=1S/C20H23NO4/c22-13-4-3-12-9-15-20(24)6-5-14(23)18-19(20,16(12)17(13)25-18)7-8-21(15)10-11-1-2-11/h3-4,11,15,18,22,24H,1-2,5-10H2/t15-,18-,19+,20-/m1/s1. The molecule has 3 fully saturated rings. The minimum Gasteiger partial charge on any atom is -0.504 e. The van der Waals surface area contributed by atoms with E-state index in [1.165, 1.54) is 12.8 Å². The van der Waals surface area contributed by atoms with Crippen molar-refractivity contribution in [2.75, 3.05) is 13.1 Å². The molecule has 6 rings (SSSR count). The molecule has 132 valence electrons. The first kappa shape index (κ1) is 14.6. The number of phenols is 1. The third kappa shape index (κ3) is 1.56. The van der Waals surface area contributed by atoms with Gasteiger partial charge in [0.1, 0.15) is 0 Å². The normalized spacial score (nSPS) is 41.4. The predicted molar refractivity (Wildman–Crippen MR) is 89.8 cm³/mol. The largest absolute Gasteiger partial charge is 0.504 e. The van der Waals surface area contributed by atoms with E-state index in [0.29, 0.717) is 18.6 Å². The van der Waals surface area contributed by atoms with Gasteiger partial charge in [0.05, 0.1) is 11.0 Å². The van der Waals surface area contributed by atoms with Crippen LogP contribution in [0.2, 0.25) is 0 Å². The third-order valence-corrected chi connectivity index (χ3v) is 7.56. The third-order valence-electron chi connectivity index (χ3n) is 7.56. The lowest BCUT2D eigenvalue weighted by Crippen LogP contribution is -2.76. The van der Waals surface area contributed by atoms with Crippen molar-refractivity contribution < 1.29 is 19.7 Å². The number of ether oxygens (including phenoxy) is 1. The zero-order valence-electron chi connectivity index (χ0n) is 14.2. The van der Waals surface area contributed by atoms with E-state index in [1.807, 2.05) is 6.07 Å². The van der Waals surface area contributed by atoms with E-state index in [0.717, 1.165) is 43.0 Å². The Labute approximate surface area is 146 Å². The van der Waals surface area contributed by atoms with Crippen LogP contribution in [0.1, 0.15) is 43.2 Å². The molecule has 1 saturated heterocycles. The second-order valence-corrected chi connectivity index (χ2v) is 8.72. The Balaban J connectivity index is 1.58. The second-order valence-electron chi connectivity index (χ2n) is 8.72. The lowest BCUT2D eigenvalue weighted by atomic mass is 9.49. The Hall–Kier alpha value is -1.59. The Morgan fingerprint density at radius 2 is 2.12 bits per heavy atom. The summed E-state index contributed by atoms with van der Waals surface area (Å²) in [5.74, 6) is 1.39. The fraction of sp³-hybridized carbons (Fsp3) is 0.650. The Bertz CT molecular complexity index is 803. The van der Waals surface area contributed by atoms with Gasteiger partial charge in [-0.15, -0.1) is 0 Å². The molecule has 0 aromatic heterocycles. The van der Waals surface area contributed by atoms with Gasteiger partial charge in [-0.05, 0) is 56.2 Å². The maximum atomic E-state index is 12.7. The summed E-state index contributed by atoms with van der Waals surface area (Å²) >= 11 is 0. The van der Waals surface area contributed by atoms with Crippen LogP contribution in [0.5, 0.6) is 11.5 Å². The van der Waals surface area contributed by atoms with Crippen LogP contribution in [-0.2, 0) is 16.6 Å². The smallest absolute Gasteiger partial charge is 0.174 e. The van der Waals surface area contributed by atoms with Crippen LogP contribution in [0.4, 0.5) is 0 Å². The summed E-state index contributed by atoms with van der Waals surface area (Å²) in [5, 5.41) is 22.3. The number of hydrogen-bond donors (Lipinski definition) is 2. The monoisotopic (exact) mass is 341 g/mol. The highest BCUT2D eigenvalue weighted by Crippen LogP contribution is 2.64. The summed E-state index contributed by atoms with van der Waals surface area (Å²) in [6, 6.07) is 3.69. The molecule has 2 aliphatic heterocycles. The summed E-state index contributed by atoms with van der Waals surface area (Å²) < 4.78 is 6.04. The van der Waals surface area contributed by atoms with Gasteiger partial charge in [0.25, 0.3) is 0 Å². The molecule has 1 spiro atoms. The average molecular weight is 341 g/mol. The van der Waals surface area contributed by atoms with Crippen LogP contribution < -0.4 is 4.74 Å². The van der Waals surface area contributed by atoms with Gasteiger partial charge in [-0.2, -0.15) is 0 Å².